The minimum Gasteiger partial charge on any atom is -0.495 e. The molecule has 0 bridgehead atoms. The Labute approximate surface area is 116 Å². The van der Waals surface area contributed by atoms with Crippen LogP contribution in [-0.4, -0.2) is 19.6 Å². The SMILES string of the molecule is CCC(C)(CN)C(=O)Nc1ccc(Br)c(OC)c1. The van der Waals surface area contributed by atoms with Crippen LogP contribution in [0.15, 0.2) is 22.7 Å². The van der Waals surface area contributed by atoms with Crippen molar-refractivity contribution >= 4 is 27.5 Å². The van der Waals surface area contributed by atoms with Gasteiger partial charge in [0.25, 0.3) is 0 Å². The Morgan fingerprint density at radius 1 is 1.56 bits per heavy atom. The van der Waals surface area contributed by atoms with Gasteiger partial charge >= 0.3 is 0 Å². The summed E-state index contributed by atoms with van der Waals surface area (Å²) in [6.45, 7) is 4.13. The number of halogens is 1. The van der Waals surface area contributed by atoms with Crippen LogP contribution in [0.1, 0.15) is 20.3 Å². The zero-order chi connectivity index (χ0) is 13.8. The molecule has 0 aliphatic rings. The van der Waals surface area contributed by atoms with E-state index in [0.717, 1.165) is 4.47 Å². The predicted octanol–water partition coefficient (Wildman–Crippen LogP) is 2.77. The molecule has 0 radical (unpaired) electrons. The van der Waals surface area contributed by atoms with E-state index in [2.05, 4.69) is 21.2 Å². The van der Waals surface area contributed by atoms with Crippen LogP contribution in [0.4, 0.5) is 5.69 Å². The summed E-state index contributed by atoms with van der Waals surface area (Å²) in [5.74, 6) is 0.607. The van der Waals surface area contributed by atoms with Gasteiger partial charge in [-0.3, -0.25) is 4.79 Å². The van der Waals surface area contributed by atoms with Crippen molar-refractivity contribution in [2.75, 3.05) is 19.0 Å². The zero-order valence-corrected chi connectivity index (χ0v) is 12.5. The number of carbonyl (C=O) groups excluding carboxylic acids is 1. The van der Waals surface area contributed by atoms with E-state index in [9.17, 15) is 4.79 Å². The molecule has 0 fully saturated rings. The molecule has 18 heavy (non-hydrogen) atoms. The maximum atomic E-state index is 12.1. The summed E-state index contributed by atoms with van der Waals surface area (Å²) in [5.41, 5.74) is 5.82. The van der Waals surface area contributed by atoms with Gasteiger partial charge in [-0.25, -0.2) is 0 Å². The summed E-state index contributed by atoms with van der Waals surface area (Å²) in [6, 6.07) is 5.42. The Morgan fingerprint density at radius 3 is 2.72 bits per heavy atom. The molecule has 0 aliphatic heterocycles. The molecule has 0 saturated carbocycles. The number of rotatable bonds is 5. The number of ether oxygens (including phenoxy) is 1. The Morgan fingerprint density at radius 2 is 2.22 bits per heavy atom. The van der Waals surface area contributed by atoms with E-state index >= 15 is 0 Å². The van der Waals surface area contributed by atoms with E-state index in [4.69, 9.17) is 10.5 Å². The van der Waals surface area contributed by atoms with Crippen LogP contribution in [0.2, 0.25) is 0 Å². The summed E-state index contributed by atoms with van der Waals surface area (Å²) in [4.78, 5) is 12.1. The third kappa shape index (κ3) is 3.23. The second-order valence-corrected chi connectivity index (χ2v) is 5.28. The van der Waals surface area contributed by atoms with E-state index in [1.807, 2.05) is 26.0 Å². The first kappa shape index (κ1) is 15.0. The largest absolute Gasteiger partial charge is 0.495 e. The Hall–Kier alpha value is -1.07. The fraction of sp³-hybridized carbons (Fsp3) is 0.462. The molecule has 1 unspecified atom stereocenters. The number of carbonyl (C=O) groups is 1. The summed E-state index contributed by atoms with van der Waals surface area (Å²) in [7, 11) is 1.59. The maximum absolute atomic E-state index is 12.1. The zero-order valence-electron chi connectivity index (χ0n) is 10.9. The van der Waals surface area contributed by atoms with E-state index in [-0.39, 0.29) is 5.91 Å². The number of anilines is 1. The maximum Gasteiger partial charge on any atom is 0.231 e. The van der Waals surface area contributed by atoms with Gasteiger partial charge in [-0.1, -0.05) is 6.92 Å². The fourth-order valence-electron chi connectivity index (χ4n) is 1.42. The van der Waals surface area contributed by atoms with Crippen molar-refractivity contribution in [2.24, 2.45) is 11.1 Å². The molecule has 3 N–H and O–H groups in total. The van der Waals surface area contributed by atoms with Gasteiger partial charge in [-0.15, -0.1) is 0 Å². The number of hydrogen-bond donors (Lipinski definition) is 2. The highest BCUT2D eigenvalue weighted by Gasteiger charge is 2.29. The van der Waals surface area contributed by atoms with Crippen LogP contribution in [0.3, 0.4) is 0 Å². The molecular formula is C13H19BrN2O2. The van der Waals surface area contributed by atoms with Gasteiger partial charge in [-0.05, 0) is 41.4 Å². The fourth-order valence-corrected chi connectivity index (χ4v) is 1.83. The predicted molar refractivity (Wildman–Crippen MR) is 76.8 cm³/mol. The number of benzene rings is 1. The van der Waals surface area contributed by atoms with Crippen LogP contribution in [0, 0.1) is 5.41 Å². The molecule has 100 valence electrons. The lowest BCUT2D eigenvalue weighted by Crippen LogP contribution is -2.39. The lowest BCUT2D eigenvalue weighted by Gasteiger charge is -2.25. The van der Waals surface area contributed by atoms with Crippen LogP contribution >= 0.6 is 15.9 Å². The lowest BCUT2D eigenvalue weighted by atomic mass is 9.86. The number of amides is 1. The minimum atomic E-state index is -0.541. The van der Waals surface area contributed by atoms with Crippen LogP contribution in [-0.2, 0) is 4.79 Å². The van der Waals surface area contributed by atoms with E-state index in [0.29, 0.717) is 24.4 Å². The first-order valence-corrected chi connectivity index (χ1v) is 6.61. The van der Waals surface area contributed by atoms with Gasteiger partial charge < -0.3 is 15.8 Å². The van der Waals surface area contributed by atoms with E-state index in [1.54, 1.807) is 13.2 Å². The molecule has 0 saturated heterocycles. The molecule has 0 heterocycles. The smallest absolute Gasteiger partial charge is 0.231 e. The van der Waals surface area contributed by atoms with Crippen LogP contribution < -0.4 is 15.8 Å². The van der Waals surface area contributed by atoms with E-state index < -0.39 is 5.41 Å². The van der Waals surface area contributed by atoms with Gasteiger partial charge in [0.05, 0.1) is 17.0 Å². The quantitative estimate of drug-likeness (QED) is 0.878. The van der Waals surface area contributed by atoms with Gasteiger partial charge in [0.15, 0.2) is 0 Å². The normalized spacial score (nSPS) is 13.8. The molecule has 4 nitrogen and oxygen atoms in total. The summed E-state index contributed by atoms with van der Waals surface area (Å²) >= 11 is 3.37. The van der Waals surface area contributed by atoms with Crippen molar-refractivity contribution in [3.63, 3.8) is 0 Å². The van der Waals surface area contributed by atoms with Crippen LogP contribution in [0.25, 0.3) is 0 Å². The average molecular weight is 315 g/mol. The van der Waals surface area contributed by atoms with Crippen molar-refractivity contribution in [1.82, 2.24) is 0 Å². The Kier molecular flexibility index (Phi) is 5.16. The highest BCUT2D eigenvalue weighted by Crippen LogP contribution is 2.29. The van der Waals surface area contributed by atoms with Crippen molar-refractivity contribution in [2.45, 2.75) is 20.3 Å². The first-order valence-electron chi connectivity index (χ1n) is 5.82. The summed E-state index contributed by atoms with van der Waals surface area (Å²) in [6.07, 6.45) is 0.697. The standard InChI is InChI=1S/C13H19BrN2O2/c1-4-13(2,8-15)12(17)16-9-5-6-10(14)11(7-9)18-3/h5-7H,4,8,15H2,1-3H3,(H,16,17). The first-order chi connectivity index (χ1) is 8.46. The van der Waals surface area contributed by atoms with Crippen molar-refractivity contribution in [1.29, 1.82) is 0 Å². The molecule has 1 rings (SSSR count). The second-order valence-electron chi connectivity index (χ2n) is 4.42. The topological polar surface area (TPSA) is 64.4 Å². The number of nitrogens with one attached hydrogen (secondary N) is 1. The molecule has 1 aromatic rings. The van der Waals surface area contributed by atoms with Gasteiger partial charge in [0.2, 0.25) is 5.91 Å². The number of hydrogen-bond acceptors (Lipinski definition) is 3. The van der Waals surface area contributed by atoms with Crippen molar-refractivity contribution < 1.29 is 9.53 Å². The molecule has 0 aromatic heterocycles. The molecule has 0 aliphatic carbocycles. The molecular weight excluding hydrogens is 296 g/mol. The molecule has 1 amide bonds. The van der Waals surface area contributed by atoms with Crippen molar-refractivity contribution in [3.05, 3.63) is 22.7 Å². The van der Waals surface area contributed by atoms with Gasteiger partial charge in [-0.2, -0.15) is 0 Å². The molecule has 0 spiro atoms. The average Bonchev–Trinajstić information content (AvgIpc) is 2.39. The number of nitrogens with two attached hydrogens (primary N) is 1. The minimum absolute atomic E-state index is 0.0723. The molecule has 1 atom stereocenters. The van der Waals surface area contributed by atoms with E-state index in [1.165, 1.54) is 0 Å². The molecule has 1 aromatic carbocycles. The highest BCUT2D eigenvalue weighted by atomic mass is 79.9. The monoisotopic (exact) mass is 314 g/mol. The summed E-state index contributed by atoms with van der Waals surface area (Å²) in [5, 5.41) is 2.87. The third-order valence-electron chi connectivity index (χ3n) is 3.19. The second kappa shape index (κ2) is 6.20. The lowest BCUT2D eigenvalue weighted by molar-refractivity contribution is -0.124. The Bertz CT molecular complexity index is 431. The van der Waals surface area contributed by atoms with Gasteiger partial charge in [0.1, 0.15) is 5.75 Å². The Balaban J connectivity index is 2.88. The third-order valence-corrected chi connectivity index (χ3v) is 3.84. The summed E-state index contributed by atoms with van der Waals surface area (Å²) < 4.78 is 6.03. The highest BCUT2D eigenvalue weighted by molar-refractivity contribution is 9.10. The number of methoxy groups -OCH3 is 1. The van der Waals surface area contributed by atoms with Crippen molar-refractivity contribution in [3.8, 4) is 5.75 Å². The van der Waals surface area contributed by atoms with Crippen LogP contribution in [0.5, 0.6) is 5.75 Å². The molecule has 5 heteroatoms. The van der Waals surface area contributed by atoms with Gasteiger partial charge in [0, 0.05) is 18.3 Å².